The number of hydrogen-bond donors (Lipinski definition) is 2. The number of thiazole rings is 1. The Labute approximate surface area is 203 Å². The molecule has 1 aromatic heterocycles. The lowest BCUT2D eigenvalue weighted by molar-refractivity contribution is 0.212. The van der Waals surface area contributed by atoms with E-state index in [4.69, 9.17) is 27.9 Å². The van der Waals surface area contributed by atoms with E-state index >= 15 is 0 Å². The molecule has 2 aromatic carbocycles. The Morgan fingerprint density at radius 3 is 2.76 bits per heavy atom. The topological polar surface area (TPSA) is 66.5 Å². The van der Waals surface area contributed by atoms with E-state index in [-0.39, 0.29) is 27.4 Å². The average molecular weight is 515 g/mol. The monoisotopic (exact) mass is 514 g/mol. The molecular formula is C22H22Cl2F2N4O2S. The fraction of sp³-hybridized carbons (Fsp3) is 0.364. The number of carbonyl (C=O) groups excluding carboxylic acids is 1. The predicted molar refractivity (Wildman–Crippen MR) is 128 cm³/mol. The molecule has 1 unspecified atom stereocenters. The SMILES string of the molecule is CC(Oc1cc2sc(NC(=O)NCCN3CCCC3)nc2cc1F)c1c(F)ccc(Cl)c1Cl. The van der Waals surface area contributed by atoms with Crippen molar-refractivity contribution < 1.29 is 18.3 Å². The number of rotatable bonds is 7. The summed E-state index contributed by atoms with van der Waals surface area (Å²) in [6, 6.07) is 4.83. The highest BCUT2D eigenvalue weighted by Gasteiger charge is 2.21. The summed E-state index contributed by atoms with van der Waals surface area (Å²) in [6.45, 7) is 5.01. The van der Waals surface area contributed by atoms with Crippen LogP contribution in [0.5, 0.6) is 5.75 Å². The maximum absolute atomic E-state index is 14.6. The number of ether oxygens (including phenoxy) is 1. The van der Waals surface area contributed by atoms with Crippen molar-refractivity contribution in [2.75, 3.05) is 31.5 Å². The van der Waals surface area contributed by atoms with Crippen molar-refractivity contribution in [2.45, 2.75) is 25.9 Å². The van der Waals surface area contributed by atoms with Gasteiger partial charge in [0.05, 0.1) is 20.3 Å². The molecule has 1 aliphatic rings. The van der Waals surface area contributed by atoms with Gasteiger partial charge in [-0.1, -0.05) is 34.5 Å². The summed E-state index contributed by atoms with van der Waals surface area (Å²) in [5.41, 5.74) is 0.415. The second-order valence-electron chi connectivity index (χ2n) is 7.72. The van der Waals surface area contributed by atoms with Crippen LogP contribution in [0, 0.1) is 11.6 Å². The van der Waals surface area contributed by atoms with Crippen molar-refractivity contribution in [3.05, 3.63) is 51.5 Å². The lowest BCUT2D eigenvalue weighted by Gasteiger charge is -2.18. The minimum absolute atomic E-state index is 0.0191. The first-order valence-corrected chi connectivity index (χ1v) is 12.1. The van der Waals surface area contributed by atoms with E-state index in [2.05, 4.69) is 20.5 Å². The number of fused-ring (bicyclic) bond motifs is 1. The van der Waals surface area contributed by atoms with Crippen molar-refractivity contribution in [1.82, 2.24) is 15.2 Å². The van der Waals surface area contributed by atoms with E-state index in [1.54, 1.807) is 6.92 Å². The zero-order valence-electron chi connectivity index (χ0n) is 17.8. The molecule has 6 nitrogen and oxygen atoms in total. The number of benzene rings is 2. The van der Waals surface area contributed by atoms with Crippen LogP contribution in [0.2, 0.25) is 10.0 Å². The number of nitrogens with zero attached hydrogens (tertiary/aromatic N) is 2. The predicted octanol–water partition coefficient (Wildman–Crippen LogP) is 6.24. The van der Waals surface area contributed by atoms with E-state index in [0.717, 1.165) is 19.6 Å². The van der Waals surface area contributed by atoms with Gasteiger partial charge in [0.15, 0.2) is 16.7 Å². The molecule has 2 heterocycles. The Kier molecular flexibility index (Phi) is 7.53. The smallest absolute Gasteiger partial charge is 0.321 e. The van der Waals surface area contributed by atoms with Crippen LogP contribution < -0.4 is 15.4 Å². The number of halogens is 4. The van der Waals surface area contributed by atoms with E-state index in [1.165, 1.54) is 48.4 Å². The summed E-state index contributed by atoms with van der Waals surface area (Å²) in [5.74, 6) is -1.35. The molecule has 3 aromatic rings. The van der Waals surface area contributed by atoms with Crippen LogP contribution in [-0.4, -0.2) is 42.1 Å². The molecular weight excluding hydrogens is 493 g/mol. The Morgan fingerprint density at radius 2 is 2.00 bits per heavy atom. The summed E-state index contributed by atoms with van der Waals surface area (Å²) in [4.78, 5) is 18.7. The highest BCUT2D eigenvalue weighted by atomic mass is 35.5. The molecule has 1 saturated heterocycles. The molecule has 0 saturated carbocycles. The molecule has 4 rings (SSSR count). The van der Waals surface area contributed by atoms with Crippen molar-refractivity contribution >= 4 is 55.9 Å². The van der Waals surface area contributed by atoms with Crippen LogP contribution in [-0.2, 0) is 0 Å². The molecule has 0 bridgehead atoms. The Hall–Kier alpha value is -2.20. The standard InChI is InChI=1S/C22H22Cl2F2N4O2S/c1-12(19-14(25)5-4-13(23)20(19)24)32-17-11-18-16(10-15(17)26)28-22(33-18)29-21(31)27-6-9-30-7-2-3-8-30/h4-5,10-12H,2-3,6-9H2,1H3,(H2,27,28,29,31). The van der Waals surface area contributed by atoms with Gasteiger partial charge < -0.3 is 15.0 Å². The van der Waals surface area contributed by atoms with Gasteiger partial charge in [-0.25, -0.2) is 18.6 Å². The highest BCUT2D eigenvalue weighted by molar-refractivity contribution is 7.22. The largest absolute Gasteiger partial charge is 0.483 e. The fourth-order valence-electron chi connectivity index (χ4n) is 3.71. The fourth-order valence-corrected chi connectivity index (χ4v) is 5.06. The molecule has 33 heavy (non-hydrogen) atoms. The van der Waals surface area contributed by atoms with Gasteiger partial charge in [-0.2, -0.15) is 0 Å². The average Bonchev–Trinajstić information content (AvgIpc) is 3.40. The first-order valence-electron chi connectivity index (χ1n) is 10.5. The minimum Gasteiger partial charge on any atom is -0.483 e. The zero-order chi connectivity index (χ0) is 23.5. The number of anilines is 1. The quantitative estimate of drug-likeness (QED) is 0.366. The van der Waals surface area contributed by atoms with Gasteiger partial charge in [0, 0.05) is 30.8 Å². The van der Waals surface area contributed by atoms with E-state index in [0.29, 0.717) is 21.9 Å². The van der Waals surface area contributed by atoms with Gasteiger partial charge in [-0.15, -0.1) is 0 Å². The number of carbonyl (C=O) groups is 1. The van der Waals surface area contributed by atoms with Crippen molar-refractivity contribution in [3.63, 3.8) is 0 Å². The second-order valence-corrected chi connectivity index (χ2v) is 9.53. The Balaban J connectivity index is 1.43. The van der Waals surface area contributed by atoms with Gasteiger partial charge in [0.25, 0.3) is 0 Å². The summed E-state index contributed by atoms with van der Waals surface area (Å²) in [7, 11) is 0. The molecule has 176 valence electrons. The van der Waals surface area contributed by atoms with E-state index in [9.17, 15) is 13.6 Å². The summed E-state index contributed by atoms with van der Waals surface area (Å²) < 4.78 is 35.2. The molecule has 2 N–H and O–H groups in total. The summed E-state index contributed by atoms with van der Waals surface area (Å²) in [5, 5.41) is 6.01. The minimum atomic E-state index is -0.893. The normalized spacial score (nSPS) is 15.1. The maximum Gasteiger partial charge on any atom is 0.321 e. The molecule has 1 atom stereocenters. The third-order valence-electron chi connectivity index (χ3n) is 5.36. The van der Waals surface area contributed by atoms with Crippen LogP contribution >= 0.6 is 34.5 Å². The van der Waals surface area contributed by atoms with Gasteiger partial charge in [-0.05, 0) is 45.0 Å². The lowest BCUT2D eigenvalue weighted by atomic mass is 10.1. The number of nitrogens with one attached hydrogen (secondary N) is 2. The van der Waals surface area contributed by atoms with Crippen LogP contribution in [0.4, 0.5) is 18.7 Å². The number of urea groups is 1. The first kappa shape index (κ1) is 23.9. The number of likely N-dealkylation sites (tertiary alicyclic amines) is 1. The molecule has 0 aliphatic carbocycles. The van der Waals surface area contributed by atoms with Crippen LogP contribution in [0.1, 0.15) is 31.4 Å². The molecule has 2 amide bonds. The number of hydrogen-bond acceptors (Lipinski definition) is 5. The highest BCUT2D eigenvalue weighted by Crippen LogP contribution is 2.37. The third-order valence-corrected chi connectivity index (χ3v) is 7.12. The first-order chi connectivity index (χ1) is 15.8. The lowest BCUT2D eigenvalue weighted by Crippen LogP contribution is -2.35. The summed E-state index contributed by atoms with van der Waals surface area (Å²) in [6.07, 6.45) is 1.50. The van der Waals surface area contributed by atoms with Gasteiger partial charge in [-0.3, -0.25) is 5.32 Å². The number of aromatic nitrogens is 1. The Bertz CT molecular complexity index is 1170. The second kappa shape index (κ2) is 10.4. The van der Waals surface area contributed by atoms with Crippen LogP contribution in [0.3, 0.4) is 0 Å². The molecule has 1 aliphatic heterocycles. The Morgan fingerprint density at radius 1 is 1.24 bits per heavy atom. The molecule has 0 spiro atoms. The van der Waals surface area contributed by atoms with Crippen molar-refractivity contribution in [1.29, 1.82) is 0 Å². The molecule has 1 fully saturated rings. The van der Waals surface area contributed by atoms with Gasteiger partial charge in [0.1, 0.15) is 11.9 Å². The van der Waals surface area contributed by atoms with Crippen molar-refractivity contribution in [2.24, 2.45) is 0 Å². The van der Waals surface area contributed by atoms with E-state index in [1.807, 2.05) is 0 Å². The molecule has 11 heteroatoms. The van der Waals surface area contributed by atoms with E-state index < -0.39 is 17.7 Å². The number of amides is 2. The molecule has 0 radical (unpaired) electrons. The van der Waals surface area contributed by atoms with Crippen molar-refractivity contribution in [3.8, 4) is 5.75 Å². The third kappa shape index (κ3) is 5.66. The van der Waals surface area contributed by atoms with Crippen LogP contribution in [0.25, 0.3) is 10.2 Å². The van der Waals surface area contributed by atoms with Crippen LogP contribution in [0.15, 0.2) is 24.3 Å². The summed E-state index contributed by atoms with van der Waals surface area (Å²) >= 11 is 13.3. The van der Waals surface area contributed by atoms with Gasteiger partial charge in [0.2, 0.25) is 0 Å². The van der Waals surface area contributed by atoms with Gasteiger partial charge >= 0.3 is 6.03 Å². The zero-order valence-corrected chi connectivity index (χ0v) is 20.1. The maximum atomic E-state index is 14.6.